The van der Waals surface area contributed by atoms with E-state index in [0.717, 1.165) is 0 Å². The lowest BCUT2D eigenvalue weighted by atomic mass is 10.3. The molecule has 1 heterocycles. The maximum absolute atomic E-state index is 12.2. The molecule has 0 bridgehead atoms. The molecule has 0 aliphatic heterocycles. The Balaban J connectivity index is 2.33. The lowest BCUT2D eigenvalue weighted by Gasteiger charge is -2.10. The van der Waals surface area contributed by atoms with Crippen LogP contribution in [0.25, 0.3) is 0 Å². The Morgan fingerprint density at radius 2 is 2.05 bits per heavy atom. The number of hydrogen-bond donors (Lipinski definition) is 2. The van der Waals surface area contributed by atoms with Crippen molar-refractivity contribution in [2.45, 2.75) is 4.90 Å². The smallest absolute Gasteiger partial charge is 0.261 e. The van der Waals surface area contributed by atoms with E-state index in [4.69, 9.17) is 22.1 Å². The zero-order chi connectivity index (χ0) is 14.8. The van der Waals surface area contributed by atoms with Crippen LogP contribution in [0.5, 0.6) is 5.75 Å². The normalized spacial score (nSPS) is 11.1. The minimum Gasteiger partial charge on any atom is -0.495 e. The first-order valence-corrected chi connectivity index (χ1v) is 7.36. The van der Waals surface area contributed by atoms with E-state index in [9.17, 15) is 8.42 Å². The predicted octanol–water partition coefficient (Wildman–Crippen LogP) is 2.13. The number of ether oxygens (including phenoxy) is 1. The Hall–Kier alpha value is -1.99. The molecular formula is C12H12ClN3O3S. The third-order valence-corrected chi connectivity index (χ3v) is 4.08. The number of aromatic nitrogens is 1. The summed E-state index contributed by atoms with van der Waals surface area (Å²) >= 11 is 5.70. The van der Waals surface area contributed by atoms with Crippen molar-refractivity contribution in [2.24, 2.45) is 0 Å². The van der Waals surface area contributed by atoms with Gasteiger partial charge in [0.2, 0.25) is 0 Å². The molecule has 1 aromatic heterocycles. The molecule has 2 aromatic rings. The maximum Gasteiger partial charge on any atom is 0.261 e. The second-order valence-electron chi connectivity index (χ2n) is 3.88. The van der Waals surface area contributed by atoms with Crippen LogP contribution in [0.1, 0.15) is 0 Å². The Morgan fingerprint density at radius 1 is 1.30 bits per heavy atom. The van der Waals surface area contributed by atoms with Crippen molar-refractivity contribution in [3.05, 3.63) is 41.7 Å². The molecule has 20 heavy (non-hydrogen) atoms. The highest BCUT2D eigenvalue weighted by atomic mass is 35.5. The molecule has 0 unspecified atom stereocenters. The minimum absolute atomic E-state index is 0.0312. The first-order valence-electron chi connectivity index (χ1n) is 5.50. The van der Waals surface area contributed by atoms with Crippen LogP contribution >= 0.6 is 11.6 Å². The van der Waals surface area contributed by atoms with E-state index >= 15 is 0 Å². The van der Waals surface area contributed by atoms with E-state index in [-0.39, 0.29) is 15.7 Å². The van der Waals surface area contributed by atoms with Crippen LogP contribution in [0.2, 0.25) is 5.15 Å². The fourth-order valence-corrected chi connectivity index (χ4v) is 2.82. The fraction of sp³-hybridized carbons (Fsp3) is 0.0833. The van der Waals surface area contributed by atoms with Crippen molar-refractivity contribution in [2.75, 3.05) is 17.6 Å². The van der Waals surface area contributed by atoms with E-state index in [1.807, 2.05) is 0 Å². The van der Waals surface area contributed by atoms with E-state index in [0.29, 0.717) is 11.4 Å². The lowest BCUT2D eigenvalue weighted by Crippen LogP contribution is -2.13. The highest BCUT2D eigenvalue weighted by molar-refractivity contribution is 7.92. The summed E-state index contributed by atoms with van der Waals surface area (Å²) < 4.78 is 31.8. The number of hydrogen-bond acceptors (Lipinski definition) is 5. The second kappa shape index (κ2) is 5.56. The van der Waals surface area contributed by atoms with Gasteiger partial charge >= 0.3 is 0 Å². The van der Waals surface area contributed by atoms with E-state index < -0.39 is 10.0 Å². The molecule has 3 N–H and O–H groups in total. The third-order valence-electron chi connectivity index (χ3n) is 2.49. The Bertz CT molecular complexity index is 734. The second-order valence-corrected chi connectivity index (χ2v) is 5.95. The number of nitrogen functional groups attached to an aromatic ring is 1. The number of methoxy groups -OCH3 is 1. The Kier molecular flexibility index (Phi) is 4.01. The fourth-order valence-electron chi connectivity index (χ4n) is 1.56. The quantitative estimate of drug-likeness (QED) is 0.666. The summed E-state index contributed by atoms with van der Waals surface area (Å²) in [5, 5.41) is 0.194. The maximum atomic E-state index is 12.2. The number of benzene rings is 1. The molecule has 0 aliphatic carbocycles. The molecule has 6 nitrogen and oxygen atoms in total. The van der Waals surface area contributed by atoms with Crippen molar-refractivity contribution in [1.29, 1.82) is 0 Å². The molecule has 0 spiro atoms. The van der Waals surface area contributed by atoms with E-state index in [2.05, 4.69) is 9.71 Å². The number of nitrogens with one attached hydrogen (secondary N) is 1. The standard InChI is InChI=1S/C12H12ClN3O3S/c1-19-11-3-2-9(7-10(11)14)20(17,18)16-8-4-5-15-12(13)6-8/h2-7H,14H2,1H3,(H,15,16). The molecule has 1 aromatic carbocycles. The van der Waals surface area contributed by atoms with E-state index in [1.165, 1.54) is 43.6 Å². The van der Waals surface area contributed by atoms with Gasteiger partial charge in [0.1, 0.15) is 10.9 Å². The number of nitrogens with two attached hydrogens (primary N) is 1. The van der Waals surface area contributed by atoms with Gasteiger partial charge in [0.25, 0.3) is 10.0 Å². The molecule has 0 saturated heterocycles. The summed E-state index contributed by atoms with van der Waals surface area (Å²) in [6.07, 6.45) is 1.41. The number of rotatable bonds is 4. The molecule has 0 amide bonds. The summed E-state index contributed by atoms with van der Waals surface area (Å²) in [6, 6.07) is 7.12. The number of halogens is 1. The third kappa shape index (κ3) is 3.12. The summed E-state index contributed by atoms with van der Waals surface area (Å²) in [6.45, 7) is 0. The van der Waals surface area contributed by atoms with Gasteiger partial charge in [-0.15, -0.1) is 0 Å². The van der Waals surface area contributed by atoms with Gasteiger partial charge in [-0.25, -0.2) is 13.4 Å². The highest BCUT2D eigenvalue weighted by Crippen LogP contribution is 2.25. The summed E-state index contributed by atoms with van der Waals surface area (Å²) in [7, 11) is -2.29. The number of anilines is 2. The number of pyridine rings is 1. The minimum atomic E-state index is -3.75. The van der Waals surface area contributed by atoms with Crippen molar-refractivity contribution < 1.29 is 13.2 Å². The molecule has 0 aliphatic rings. The predicted molar refractivity (Wildman–Crippen MR) is 77.5 cm³/mol. The number of sulfonamides is 1. The number of nitrogens with zero attached hydrogens (tertiary/aromatic N) is 1. The van der Waals surface area contributed by atoms with E-state index in [1.54, 1.807) is 0 Å². The van der Waals surface area contributed by atoms with Gasteiger partial charge in [-0.2, -0.15) is 0 Å². The van der Waals surface area contributed by atoms with Gasteiger partial charge in [-0.1, -0.05) is 11.6 Å². The Morgan fingerprint density at radius 3 is 2.65 bits per heavy atom. The SMILES string of the molecule is COc1ccc(S(=O)(=O)Nc2ccnc(Cl)c2)cc1N. The van der Waals surface area contributed by atoms with Gasteiger partial charge in [-0.3, -0.25) is 4.72 Å². The van der Waals surface area contributed by atoms with Crippen LogP contribution in [0.3, 0.4) is 0 Å². The van der Waals surface area contributed by atoms with Gasteiger partial charge in [0, 0.05) is 6.20 Å². The van der Waals surface area contributed by atoms with Gasteiger partial charge in [0.15, 0.2) is 0 Å². The molecule has 0 atom stereocenters. The molecule has 106 valence electrons. The average Bonchev–Trinajstić information content (AvgIpc) is 2.38. The zero-order valence-corrected chi connectivity index (χ0v) is 12.1. The van der Waals surface area contributed by atoms with Gasteiger partial charge < -0.3 is 10.5 Å². The van der Waals surface area contributed by atoms with Crippen LogP contribution in [0.15, 0.2) is 41.4 Å². The van der Waals surface area contributed by atoms with Crippen molar-refractivity contribution in [3.63, 3.8) is 0 Å². The van der Waals surface area contributed by atoms with Gasteiger partial charge in [0.05, 0.1) is 23.4 Å². The molecule has 8 heteroatoms. The van der Waals surface area contributed by atoms with Crippen molar-refractivity contribution >= 4 is 33.0 Å². The Labute approximate surface area is 121 Å². The zero-order valence-electron chi connectivity index (χ0n) is 10.5. The molecule has 0 radical (unpaired) electrons. The molecule has 2 rings (SSSR count). The lowest BCUT2D eigenvalue weighted by molar-refractivity contribution is 0.416. The van der Waals surface area contributed by atoms with Crippen molar-refractivity contribution in [3.8, 4) is 5.75 Å². The average molecular weight is 314 g/mol. The van der Waals surface area contributed by atoms with Crippen LogP contribution in [-0.4, -0.2) is 20.5 Å². The summed E-state index contributed by atoms with van der Waals surface area (Å²) in [4.78, 5) is 3.80. The highest BCUT2D eigenvalue weighted by Gasteiger charge is 2.16. The first-order chi connectivity index (χ1) is 9.42. The summed E-state index contributed by atoms with van der Waals surface area (Å²) in [5.41, 5.74) is 6.26. The first kappa shape index (κ1) is 14.4. The largest absolute Gasteiger partial charge is 0.495 e. The van der Waals surface area contributed by atoms with Gasteiger partial charge in [-0.05, 0) is 30.3 Å². The monoisotopic (exact) mass is 313 g/mol. The van der Waals surface area contributed by atoms with Crippen LogP contribution in [0.4, 0.5) is 11.4 Å². The topological polar surface area (TPSA) is 94.3 Å². The molecule has 0 fully saturated rings. The van der Waals surface area contributed by atoms with Crippen molar-refractivity contribution in [1.82, 2.24) is 4.98 Å². The molecular weight excluding hydrogens is 302 g/mol. The van der Waals surface area contributed by atoms with Crippen LogP contribution in [-0.2, 0) is 10.0 Å². The van der Waals surface area contributed by atoms with Crippen LogP contribution in [0, 0.1) is 0 Å². The summed E-state index contributed by atoms with van der Waals surface area (Å²) in [5.74, 6) is 0.413. The van der Waals surface area contributed by atoms with Crippen LogP contribution < -0.4 is 15.2 Å². The molecule has 0 saturated carbocycles.